The molecule has 0 spiro atoms. The quantitative estimate of drug-likeness (QED) is 0.667. The number of fused-ring (bicyclic) bond motifs is 1. The van der Waals surface area contributed by atoms with Gasteiger partial charge in [0.25, 0.3) is 5.91 Å². The summed E-state index contributed by atoms with van der Waals surface area (Å²) in [5.41, 5.74) is 3.63. The molecule has 0 unspecified atom stereocenters. The number of likely N-dealkylation sites (N-methyl/N-ethyl adjacent to an activating group) is 1. The number of hydrogen-bond acceptors (Lipinski definition) is 6. The van der Waals surface area contributed by atoms with E-state index >= 15 is 0 Å². The molecular formula is C21H20N4O3S. The van der Waals surface area contributed by atoms with Crippen molar-refractivity contribution in [2.45, 2.75) is 0 Å². The zero-order chi connectivity index (χ0) is 20.5. The Bertz CT molecular complexity index is 1190. The molecule has 1 aliphatic rings. The monoisotopic (exact) mass is 408 g/mol. The van der Waals surface area contributed by atoms with E-state index in [0.717, 1.165) is 22.5 Å². The van der Waals surface area contributed by atoms with Gasteiger partial charge in [-0.05, 0) is 18.2 Å². The van der Waals surface area contributed by atoms with E-state index in [-0.39, 0.29) is 5.91 Å². The van der Waals surface area contributed by atoms with E-state index in [1.807, 2.05) is 47.8 Å². The van der Waals surface area contributed by atoms with Gasteiger partial charge in [-0.1, -0.05) is 18.2 Å². The average molecular weight is 408 g/mol. The molecule has 0 N–H and O–H groups in total. The molecule has 4 rings (SSSR count). The van der Waals surface area contributed by atoms with Crippen molar-refractivity contribution in [2.75, 3.05) is 33.2 Å². The number of carbonyl (C=O) groups is 1. The molecule has 8 heteroatoms. The maximum atomic E-state index is 12.9. The number of nitrogens with zero attached hydrogens (tertiary/aromatic N) is 4. The molecule has 3 aromatic rings. The molecule has 2 aromatic carbocycles. The molecule has 0 aliphatic carbocycles. The van der Waals surface area contributed by atoms with Gasteiger partial charge in [0.1, 0.15) is 11.5 Å². The summed E-state index contributed by atoms with van der Waals surface area (Å²) in [6.07, 6.45) is 0. The third-order valence-corrected chi connectivity index (χ3v) is 5.70. The van der Waals surface area contributed by atoms with E-state index in [1.54, 1.807) is 37.9 Å². The topological polar surface area (TPSA) is 68.4 Å². The summed E-state index contributed by atoms with van der Waals surface area (Å²) in [6, 6.07) is 13.2. The van der Waals surface area contributed by atoms with Crippen molar-refractivity contribution in [2.24, 2.45) is 10.1 Å². The Labute approximate surface area is 172 Å². The minimum absolute atomic E-state index is 0.153. The number of thiazole rings is 1. The summed E-state index contributed by atoms with van der Waals surface area (Å²) in [5.74, 6) is 1.19. The molecule has 0 saturated carbocycles. The Morgan fingerprint density at radius 2 is 1.83 bits per heavy atom. The van der Waals surface area contributed by atoms with Crippen LogP contribution >= 0.6 is 11.3 Å². The molecule has 7 nitrogen and oxygen atoms in total. The molecule has 0 saturated heterocycles. The number of ether oxygens (including phenoxy) is 2. The number of carbonyl (C=O) groups excluding carboxylic acids is 1. The van der Waals surface area contributed by atoms with Crippen LogP contribution in [0.2, 0.25) is 0 Å². The van der Waals surface area contributed by atoms with Gasteiger partial charge < -0.3 is 14.4 Å². The van der Waals surface area contributed by atoms with E-state index in [9.17, 15) is 4.79 Å². The molecular weight excluding hydrogens is 388 g/mol. The van der Waals surface area contributed by atoms with Crippen LogP contribution in [-0.4, -0.2) is 44.6 Å². The number of benzene rings is 2. The first-order chi connectivity index (χ1) is 14.1. The maximum absolute atomic E-state index is 12.9. The Kier molecular flexibility index (Phi) is 4.94. The normalized spacial score (nSPS) is 15.2. The Morgan fingerprint density at radius 1 is 1.03 bits per heavy atom. The Morgan fingerprint density at radius 3 is 2.55 bits per heavy atom. The smallest absolute Gasteiger partial charge is 0.279 e. The van der Waals surface area contributed by atoms with E-state index in [0.29, 0.717) is 22.0 Å². The summed E-state index contributed by atoms with van der Waals surface area (Å²) < 4.78 is 12.6. The molecule has 1 amide bonds. The molecule has 148 valence electrons. The zero-order valence-corrected chi connectivity index (χ0v) is 17.4. The van der Waals surface area contributed by atoms with Crippen LogP contribution in [0.3, 0.4) is 0 Å². The maximum Gasteiger partial charge on any atom is 0.279 e. The molecule has 29 heavy (non-hydrogen) atoms. The summed E-state index contributed by atoms with van der Waals surface area (Å²) in [6.45, 7) is 0. The van der Waals surface area contributed by atoms with Crippen LogP contribution in [0.15, 0.2) is 57.9 Å². The van der Waals surface area contributed by atoms with Gasteiger partial charge in [0, 0.05) is 36.7 Å². The van der Waals surface area contributed by atoms with Crippen molar-refractivity contribution in [3.8, 4) is 22.8 Å². The molecule has 0 atom stereocenters. The second-order valence-electron chi connectivity index (χ2n) is 6.34. The SMILES string of the molecule is CN=c1scc(-c2ccc(OC)cc2OC)n1N=C1C(=O)N(C)c2ccccc21. The largest absolute Gasteiger partial charge is 0.497 e. The molecule has 0 radical (unpaired) electrons. The van der Waals surface area contributed by atoms with Gasteiger partial charge in [0.05, 0.1) is 25.6 Å². The lowest BCUT2D eigenvalue weighted by atomic mass is 10.1. The third kappa shape index (κ3) is 3.11. The van der Waals surface area contributed by atoms with E-state index in [2.05, 4.69) is 4.99 Å². The highest BCUT2D eigenvalue weighted by Gasteiger charge is 2.31. The lowest BCUT2D eigenvalue weighted by Crippen LogP contribution is -2.27. The average Bonchev–Trinajstić information content (AvgIpc) is 3.27. The predicted molar refractivity (Wildman–Crippen MR) is 114 cm³/mol. The van der Waals surface area contributed by atoms with E-state index in [1.165, 1.54) is 11.3 Å². The van der Waals surface area contributed by atoms with Gasteiger partial charge in [0.15, 0.2) is 5.71 Å². The molecule has 1 aliphatic heterocycles. The Hall–Kier alpha value is -3.39. The lowest BCUT2D eigenvalue weighted by Gasteiger charge is -2.11. The van der Waals surface area contributed by atoms with Crippen molar-refractivity contribution in [1.29, 1.82) is 0 Å². The molecule has 1 aromatic heterocycles. The van der Waals surface area contributed by atoms with Gasteiger partial charge in [-0.15, -0.1) is 11.3 Å². The lowest BCUT2D eigenvalue weighted by molar-refractivity contribution is -0.112. The fourth-order valence-electron chi connectivity index (χ4n) is 3.29. The van der Waals surface area contributed by atoms with Crippen LogP contribution in [0.5, 0.6) is 11.5 Å². The fraction of sp³-hybridized carbons (Fsp3) is 0.190. The van der Waals surface area contributed by atoms with E-state index < -0.39 is 0 Å². The van der Waals surface area contributed by atoms with Gasteiger partial charge in [-0.25, -0.2) is 4.68 Å². The highest BCUT2D eigenvalue weighted by atomic mass is 32.1. The number of methoxy groups -OCH3 is 2. The van der Waals surface area contributed by atoms with Crippen molar-refractivity contribution >= 4 is 28.6 Å². The highest BCUT2D eigenvalue weighted by Crippen LogP contribution is 2.34. The van der Waals surface area contributed by atoms with Crippen LogP contribution in [0.1, 0.15) is 5.56 Å². The van der Waals surface area contributed by atoms with Crippen LogP contribution in [0.25, 0.3) is 11.3 Å². The minimum Gasteiger partial charge on any atom is -0.497 e. The van der Waals surface area contributed by atoms with E-state index in [4.69, 9.17) is 14.6 Å². The first kappa shape index (κ1) is 18.9. The van der Waals surface area contributed by atoms with Gasteiger partial charge in [0.2, 0.25) is 4.80 Å². The van der Waals surface area contributed by atoms with Crippen molar-refractivity contribution in [1.82, 2.24) is 4.68 Å². The summed E-state index contributed by atoms with van der Waals surface area (Å²) in [5, 5.41) is 6.68. The molecule has 0 fully saturated rings. The first-order valence-electron chi connectivity index (χ1n) is 8.91. The predicted octanol–water partition coefficient (Wildman–Crippen LogP) is 2.99. The molecule has 0 bridgehead atoms. The van der Waals surface area contributed by atoms with Crippen LogP contribution < -0.4 is 19.2 Å². The number of rotatable bonds is 4. The van der Waals surface area contributed by atoms with Gasteiger partial charge in [-0.2, -0.15) is 5.10 Å². The molecule has 2 heterocycles. The van der Waals surface area contributed by atoms with Gasteiger partial charge in [-0.3, -0.25) is 9.79 Å². The van der Waals surface area contributed by atoms with Crippen molar-refractivity contribution in [3.63, 3.8) is 0 Å². The van der Waals surface area contributed by atoms with Crippen LogP contribution in [0.4, 0.5) is 5.69 Å². The second-order valence-corrected chi connectivity index (χ2v) is 7.17. The second kappa shape index (κ2) is 7.56. The summed E-state index contributed by atoms with van der Waals surface area (Å²) in [7, 11) is 6.67. The first-order valence-corrected chi connectivity index (χ1v) is 9.79. The van der Waals surface area contributed by atoms with Crippen molar-refractivity contribution in [3.05, 3.63) is 58.2 Å². The zero-order valence-electron chi connectivity index (χ0n) is 16.5. The number of aromatic nitrogens is 1. The fourth-order valence-corrected chi connectivity index (χ4v) is 4.08. The number of amides is 1. The van der Waals surface area contributed by atoms with Crippen LogP contribution in [-0.2, 0) is 4.79 Å². The highest BCUT2D eigenvalue weighted by molar-refractivity contribution is 7.07. The Balaban J connectivity index is 1.93. The van der Waals surface area contributed by atoms with Gasteiger partial charge >= 0.3 is 0 Å². The van der Waals surface area contributed by atoms with Crippen LogP contribution in [0, 0.1) is 0 Å². The summed E-state index contributed by atoms with van der Waals surface area (Å²) in [4.78, 5) is 19.5. The standard InChI is InChI=1S/C21H20N4O3S/c1-22-21-25(23-19-15-7-5-6-8-16(15)24(2)20(19)26)17(12-29-21)14-10-9-13(27-3)11-18(14)28-4/h5-12H,1-4H3. The minimum atomic E-state index is -0.153. The number of hydrogen-bond donors (Lipinski definition) is 0. The third-order valence-electron chi connectivity index (χ3n) is 4.79. The number of para-hydroxylation sites is 1. The number of anilines is 1. The summed E-state index contributed by atoms with van der Waals surface area (Å²) >= 11 is 1.44. The van der Waals surface area contributed by atoms with Crippen molar-refractivity contribution < 1.29 is 14.3 Å².